The lowest BCUT2D eigenvalue weighted by molar-refractivity contribution is 0.103. The van der Waals surface area contributed by atoms with E-state index >= 15 is 0 Å². The van der Waals surface area contributed by atoms with Crippen LogP contribution in [0.15, 0.2) is 24.3 Å². The number of aryl methyl sites for hydroxylation is 2. The summed E-state index contributed by atoms with van der Waals surface area (Å²) in [4.78, 5) is 14.2. The highest BCUT2D eigenvalue weighted by atomic mass is 32.1. The number of hydrogen-bond acceptors (Lipinski definition) is 3. The Morgan fingerprint density at radius 2 is 2.10 bits per heavy atom. The third-order valence-corrected chi connectivity index (χ3v) is 4.89. The van der Waals surface area contributed by atoms with Gasteiger partial charge >= 0.3 is 0 Å². The smallest absolute Gasteiger partial charge is 0.265 e. The Labute approximate surface area is 123 Å². The van der Waals surface area contributed by atoms with Crippen molar-refractivity contribution in [3.8, 4) is 0 Å². The van der Waals surface area contributed by atoms with Crippen LogP contribution in [0.4, 0.5) is 5.69 Å². The summed E-state index contributed by atoms with van der Waals surface area (Å²) in [6.07, 6.45) is 1.06. The van der Waals surface area contributed by atoms with E-state index < -0.39 is 0 Å². The molecule has 1 amide bonds. The minimum absolute atomic E-state index is 0.0186. The normalized spacial score (nSPS) is 13.9. The maximum absolute atomic E-state index is 12.2. The average molecular weight is 286 g/mol. The van der Waals surface area contributed by atoms with Crippen molar-refractivity contribution in [2.45, 2.75) is 26.8 Å². The number of thiophene rings is 1. The van der Waals surface area contributed by atoms with Crippen molar-refractivity contribution < 1.29 is 4.79 Å². The summed E-state index contributed by atoms with van der Waals surface area (Å²) >= 11 is 1.55. The monoisotopic (exact) mass is 286 g/mol. The predicted octanol–water partition coefficient (Wildman–Crippen LogP) is 3.26. The number of nitrogens with one attached hydrogen (secondary N) is 2. The minimum Gasteiger partial charge on any atom is -0.321 e. The molecule has 3 rings (SSSR count). The molecule has 1 aliphatic heterocycles. The van der Waals surface area contributed by atoms with Crippen molar-refractivity contribution in [2.75, 3.05) is 11.9 Å². The summed E-state index contributed by atoms with van der Waals surface area (Å²) in [7, 11) is 0. The quantitative estimate of drug-likeness (QED) is 0.889. The molecule has 0 radical (unpaired) electrons. The molecule has 0 fully saturated rings. The Kier molecular flexibility index (Phi) is 3.59. The zero-order valence-electron chi connectivity index (χ0n) is 11.7. The van der Waals surface area contributed by atoms with Crippen LogP contribution in [0, 0.1) is 13.8 Å². The van der Waals surface area contributed by atoms with Gasteiger partial charge in [-0.25, -0.2) is 0 Å². The fourth-order valence-corrected chi connectivity index (χ4v) is 3.37. The van der Waals surface area contributed by atoms with Crippen LogP contribution in [0.2, 0.25) is 0 Å². The molecule has 0 unspecified atom stereocenters. The number of rotatable bonds is 2. The Morgan fingerprint density at radius 3 is 2.85 bits per heavy atom. The van der Waals surface area contributed by atoms with Gasteiger partial charge in [-0.05, 0) is 61.7 Å². The third kappa shape index (κ3) is 2.62. The van der Waals surface area contributed by atoms with E-state index in [1.807, 2.05) is 26.0 Å². The summed E-state index contributed by atoms with van der Waals surface area (Å²) in [5, 5.41) is 6.35. The first-order chi connectivity index (χ1) is 9.63. The van der Waals surface area contributed by atoms with Crippen molar-refractivity contribution in [1.82, 2.24) is 5.32 Å². The lowest BCUT2D eigenvalue weighted by Gasteiger charge is -2.18. The summed E-state index contributed by atoms with van der Waals surface area (Å²) in [6.45, 7) is 6.00. The molecule has 2 heterocycles. The zero-order valence-corrected chi connectivity index (χ0v) is 12.6. The SMILES string of the molecule is Cc1cc(C(=O)Nc2ccc3c(c2)CNCC3)sc1C. The van der Waals surface area contributed by atoms with E-state index in [4.69, 9.17) is 0 Å². The highest BCUT2D eigenvalue weighted by Crippen LogP contribution is 2.23. The first-order valence-corrected chi connectivity index (χ1v) is 7.66. The van der Waals surface area contributed by atoms with Crippen LogP contribution in [0.25, 0.3) is 0 Å². The Hall–Kier alpha value is -1.65. The fraction of sp³-hybridized carbons (Fsp3) is 0.312. The molecule has 20 heavy (non-hydrogen) atoms. The zero-order chi connectivity index (χ0) is 14.1. The Bertz CT molecular complexity index is 641. The van der Waals surface area contributed by atoms with Gasteiger partial charge in [0.1, 0.15) is 0 Å². The predicted molar refractivity (Wildman–Crippen MR) is 83.6 cm³/mol. The van der Waals surface area contributed by atoms with E-state index in [1.165, 1.54) is 21.6 Å². The molecule has 1 aliphatic rings. The van der Waals surface area contributed by atoms with Gasteiger partial charge < -0.3 is 10.6 Å². The fourth-order valence-electron chi connectivity index (χ4n) is 2.44. The van der Waals surface area contributed by atoms with E-state index in [0.29, 0.717) is 0 Å². The molecule has 0 saturated heterocycles. The average Bonchev–Trinajstić information content (AvgIpc) is 2.79. The molecule has 3 nitrogen and oxygen atoms in total. The Morgan fingerprint density at radius 1 is 1.25 bits per heavy atom. The van der Waals surface area contributed by atoms with Crippen molar-refractivity contribution in [1.29, 1.82) is 0 Å². The van der Waals surface area contributed by atoms with E-state index in [9.17, 15) is 4.79 Å². The Balaban J connectivity index is 1.79. The standard InChI is InChI=1S/C16H18N2OS/c1-10-7-15(20-11(10)2)16(19)18-14-4-3-12-5-6-17-9-13(12)8-14/h3-4,7-8,17H,5-6,9H2,1-2H3,(H,18,19). The number of anilines is 1. The maximum Gasteiger partial charge on any atom is 0.265 e. The third-order valence-electron chi connectivity index (χ3n) is 3.74. The van der Waals surface area contributed by atoms with E-state index in [-0.39, 0.29) is 5.91 Å². The molecule has 0 aliphatic carbocycles. The molecule has 2 N–H and O–H groups in total. The van der Waals surface area contributed by atoms with Crippen LogP contribution < -0.4 is 10.6 Å². The number of hydrogen-bond donors (Lipinski definition) is 2. The van der Waals surface area contributed by atoms with Crippen molar-refractivity contribution in [2.24, 2.45) is 0 Å². The van der Waals surface area contributed by atoms with Gasteiger partial charge in [0.25, 0.3) is 5.91 Å². The van der Waals surface area contributed by atoms with E-state index in [1.54, 1.807) is 11.3 Å². The van der Waals surface area contributed by atoms with Crippen molar-refractivity contribution in [3.63, 3.8) is 0 Å². The molecule has 2 aromatic rings. The van der Waals surface area contributed by atoms with Crippen molar-refractivity contribution >= 4 is 22.9 Å². The summed E-state index contributed by atoms with van der Waals surface area (Å²) in [5.74, 6) is -0.0186. The van der Waals surface area contributed by atoms with Crippen LogP contribution in [-0.4, -0.2) is 12.5 Å². The largest absolute Gasteiger partial charge is 0.321 e. The van der Waals surface area contributed by atoms with Crippen molar-refractivity contribution in [3.05, 3.63) is 50.7 Å². The number of carbonyl (C=O) groups excluding carboxylic acids is 1. The van der Waals surface area contributed by atoms with Gasteiger partial charge in [-0.3, -0.25) is 4.79 Å². The molecule has 4 heteroatoms. The molecule has 104 valence electrons. The topological polar surface area (TPSA) is 41.1 Å². The number of amides is 1. The number of benzene rings is 1. The first-order valence-electron chi connectivity index (χ1n) is 6.84. The second-order valence-corrected chi connectivity index (χ2v) is 6.47. The van der Waals surface area contributed by atoms with Gasteiger partial charge in [-0.1, -0.05) is 6.07 Å². The second-order valence-electron chi connectivity index (χ2n) is 5.21. The van der Waals surface area contributed by atoms with Crippen LogP contribution >= 0.6 is 11.3 Å². The summed E-state index contributed by atoms with van der Waals surface area (Å²) < 4.78 is 0. The van der Waals surface area contributed by atoms with Gasteiger partial charge in [0.2, 0.25) is 0 Å². The van der Waals surface area contributed by atoms with Gasteiger partial charge in [0.05, 0.1) is 4.88 Å². The van der Waals surface area contributed by atoms with E-state index in [2.05, 4.69) is 22.8 Å². The van der Waals surface area contributed by atoms with Crippen LogP contribution in [-0.2, 0) is 13.0 Å². The molecule has 1 aromatic carbocycles. The van der Waals surface area contributed by atoms with E-state index in [0.717, 1.165) is 30.1 Å². The molecular formula is C16H18N2OS. The van der Waals surface area contributed by atoms with Gasteiger partial charge in [0, 0.05) is 17.1 Å². The molecule has 0 spiro atoms. The molecule has 0 saturated carbocycles. The molecule has 0 atom stereocenters. The van der Waals surface area contributed by atoms with Crippen LogP contribution in [0.3, 0.4) is 0 Å². The lowest BCUT2D eigenvalue weighted by atomic mass is 10.0. The first kappa shape index (κ1) is 13.3. The minimum atomic E-state index is -0.0186. The molecule has 0 bridgehead atoms. The number of fused-ring (bicyclic) bond motifs is 1. The highest BCUT2D eigenvalue weighted by Gasteiger charge is 2.13. The lowest BCUT2D eigenvalue weighted by Crippen LogP contribution is -2.23. The summed E-state index contributed by atoms with van der Waals surface area (Å²) in [6, 6.07) is 8.15. The van der Waals surface area contributed by atoms with Gasteiger partial charge in [-0.15, -0.1) is 11.3 Å². The maximum atomic E-state index is 12.2. The van der Waals surface area contributed by atoms with Gasteiger partial charge in [0.15, 0.2) is 0 Å². The van der Waals surface area contributed by atoms with Crippen LogP contribution in [0.5, 0.6) is 0 Å². The molecule has 1 aromatic heterocycles. The number of carbonyl (C=O) groups is 1. The van der Waals surface area contributed by atoms with Crippen LogP contribution in [0.1, 0.15) is 31.2 Å². The molecular weight excluding hydrogens is 268 g/mol. The highest BCUT2D eigenvalue weighted by molar-refractivity contribution is 7.14. The van der Waals surface area contributed by atoms with Gasteiger partial charge in [-0.2, -0.15) is 0 Å². The second kappa shape index (κ2) is 5.38. The summed E-state index contributed by atoms with van der Waals surface area (Å²) in [5.41, 5.74) is 4.72.